The molecule has 0 saturated carbocycles. The molecule has 0 radical (unpaired) electrons. The Hall–Kier alpha value is -3.14. The summed E-state index contributed by atoms with van der Waals surface area (Å²) in [5.74, 6) is 0.717. The van der Waals surface area contributed by atoms with E-state index >= 15 is 0 Å². The van der Waals surface area contributed by atoms with Gasteiger partial charge in [0.25, 0.3) is 0 Å². The number of morpholine rings is 1. The van der Waals surface area contributed by atoms with E-state index in [0.717, 1.165) is 43.5 Å². The van der Waals surface area contributed by atoms with Gasteiger partial charge in [0.1, 0.15) is 5.75 Å². The first-order chi connectivity index (χ1) is 19.3. The Kier molecular flexibility index (Phi) is 8.93. The third kappa shape index (κ3) is 6.77. The lowest BCUT2D eigenvalue weighted by molar-refractivity contribution is -0.140. The number of aromatic nitrogens is 2. The highest BCUT2D eigenvalue weighted by Crippen LogP contribution is 2.40. The number of halogens is 3. The Labute approximate surface area is 233 Å². The summed E-state index contributed by atoms with van der Waals surface area (Å²) in [6, 6.07) is 4.36. The van der Waals surface area contributed by atoms with Crippen LogP contribution in [-0.4, -0.2) is 66.8 Å². The second kappa shape index (κ2) is 12.6. The molecule has 1 aromatic carbocycles. The maximum Gasteiger partial charge on any atom is 0.419 e. The lowest BCUT2D eigenvalue weighted by Crippen LogP contribution is -2.44. The number of amides is 1. The van der Waals surface area contributed by atoms with E-state index < -0.39 is 11.7 Å². The van der Waals surface area contributed by atoms with E-state index in [-0.39, 0.29) is 30.1 Å². The van der Waals surface area contributed by atoms with Crippen LogP contribution in [0.5, 0.6) is 5.75 Å². The van der Waals surface area contributed by atoms with Gasteiger partial charge in [-0.1, -0.05) is 19.1 Å². The molecule has 0 N–H and O–H groups in total. The molecule has 0 spiro atoms. The SMILES string of the molecule is CCc1cnc(N2CCC(COc3ccc(C4=CCC(C(=O)N5CCOCC5)CC4)cc3C(F)(F)F)CC2)nc1. The number of aryl methyl sites for hydroxylation is 1. The first kappa shape index (κ1) is 28.4. The molecule has 0 bridgehead atoms. The van der Waals surface area contributed by atoms with Crippen molar-refractivity contribution in [1.29, 1.82) is 0 Å². The van der Waals surface area contributed by atoms with Gasteiger partial charge in [0.2, 0.25) is 11.9 Å². The number of hydrogen-bond acceptors (Lipinski definition) is 6. The van der Waals surface area contributed by atoms with Gasteiger partial charge in [-0.3, -0.25) is 4.79 Å². The van der Waals surface area contributed by atoms with Crippen LogP contribution in [0.1, 0.15) is 55.7 Å². The minimum Gasteiger partial charge on any atom is -0.493 e. The van der Waals surface area contributed by atoms with E-state index in [1.807, 2.05) is 23.4 Å². The Balaban J connectivity index is 1.18. The molecule has 1 unspecified atom stereocenters. The number of allylic oxidation sites excluding steroid dienone is 2. The van der Waals surface area contributed by atoms with Gasteiger partial charge >= 0.3 is 6.18 Å². The van der Waals surface area contributed by atoms with E-state index in [2.05, 4.69) is 21.8 Å². The van der Waals surface area contributed by atoms with Crippen molar-refractivity contribution in [2.75, 3.05) is 50.9 Å². The highest BCUT2D eigenvalue weighted by Gasteiger charge is 2.36. The van der Waals surface area contributed by atoms with Crippen molar-refractivity contribution in [2.24, 2.45) is 11.8 Å². The number of alkyl halides is 3. The van der Waals surface area contributed by atoms with Crippen LogP contribution in [0, 0.1) is 11.8 Å². The van der Waals surface area contributed by atoms with E-state index in [1.54, 1.807) is 6.07 Å². The molecule has 5 rings (SSSR count). The quantitative estimate of drug-likeness (QED) is 0.454. The maximum absolute atomic E-state index is 14.0. The smallest absolute Gasteiger partial charge is 0.419 e. The van der Waals surface area contributed by atoms with Crippen molar-refractivity contribution in [3.05, 3.63) is 53.4 Å². The van der Waals surface area contributed by atoms with Crippen molar-refractivity contribution in [2.45, 2.75) is 51.6 Å². The molecule has 1 atom stereocenters. The van der Waals surface area contributed by atoms with E-state index in [4.69, 9.17) is 9.47 Å². The van der Waals surface area contributed by atoms with Crippen molar-refractivity contribution < 1.29 is 27.4 Å². The molecular formula is C30H37F3N4O3. The van der Waals surface area contributed by atoms with Crippen LogP contribution in [0.15, 0.2) is 36.7 Å². The fourth-order valence-corrected chi connectivity index (χ4v) is 5.64. The van der Waals surface area contributed by atoms with Crippen molar-refractivity contribution in [3.63, 3.8) is 0 Å². The Morgan fingerprint density at radius 2 is 1.80 bits per heavy atom. The molecule has 2 aromatic rings. The van der Waals surface area contributed by atoms with Crippen LogP contribution in [0.2, 0.25) is 0 Å². The third-order valence-corrected chi connectivity index (χ3v) is 8.21. The fraction of sp³-hybridized carbons (Fsp3) is 0.567. The van der Waals surface area contributed by atoms with Gasteiger partial charge in [0, 0.05) is 44.5 Å². The molecular weight excluding hydrogens is 521 g/mol. The second-order valence-corrected chi connectivity index (χ2v) is 10.8. The minimum absolute atomic E-state index is 0.117. The average molecular weight is 559 g/mol. The van der Waals surface area contributed by atoms with Gasteiger partial charge in [-0.15, -0.1) is 0 Å². The standard InChI is InChI=1S/C30H37F3N4O3/c1-2-21-18-34-29(35-19-21)37-11-9-22(10-12-37)20-40-27-8-7-25(17-26(27)30(31,32)33)23-3-5-24(6-4-23)28(38)36-13-15-39-16-14-36/h3,7-8,17-19,22,24H,2,4-6,9-16,20H2,1H3. The molecule has 10 heteroatoms. The van der Waals surface area contributed by atoms with Crippen LogP contribution >= 0.6 is 0 Å². The Bertz CT molecular complexity index is 1190. The van der Waals surface area contributed by atoms with Crippen molar-refractivity contribution in [1.82, 2.24) is 14.9 Å². The first-order valence-electron chi connectivity index (χ1n) is 14.3. The van der Waals surface area contributed by atoms with Crippen LogP contribution in [0.3, 0.4) is 0 Å². The van der Waals surface area contributed by atoms with E-state index in [0.29, 0.717) is 57.1 Å². The Morgan fingerprint density at radius 1 is 1.07 bits per heavy atom. The molecule has 1 aromatic heterocycles. The van der Waals surface area contributed by atoms with E-state index in [9.17, 15) is 18.0 Å². The zero-order valence-electron chi connectivity index (χ0n) is 23.0. The van der Waals surface area contributed by atoms with Crippen molar-refractivity contribution in [3.8, 4) is 5.75 Å². The van der Waals surface area contributed by atoms with Gasteiger partial charge in [0.05, 0.1) is 25.4 Å². The largest absolute Gasteiger partial charge is 0.493 e. The molecule has 216 valence electrons. The van der Waals surface area contributed by atoms with Crippen LogP contribution < -0.4 is 9.64 Å². The summed E-state index contributed by atoms with van der Waals surface area (Å²) in [6.45, 7) is 6.08. The summed E-state index contributed by atoms with van der Waals surface area (Å²) in [7, 11) is 0. The number of carbonyl (C=O) groups excluding carboxylic acids is 1. The zero-order valence-corrected chi connectivity index (χ0v) is 23.0. The summed E-state index contributed by atoms with van der Waals surface area (Å²) in [5, 5.41) is 0. The summed E-state index contributed by atoms with van der Waals surface area (Å²) < 4.78 is 53.3. The molecule has 40 heavy (non-hydrogen) atoms. The number of ether oxygens (including phenoxy) is 2. The number of piperidine rings is 1. The highest BCUT2D eigenvalue weighted by atomic mass is 19.4. The molecule has 1 aliphatic carbocycles. The van der Waals surface area contributed by atoms with Gasteiger partial charge in [-0.2, -0.15) is 13.2 Å². The number of carbonyl (C=O) groups is 1. The second-order valence-electron chi connectivity index (χ2n) is 10.8. The summed E-state index contributed by atoms with van der Waals surface area (Å²) in [4.78, 5) is 25.6. The Morgan fingerprint density at radius 3 is 2.42 bits per heavy atom. The van der Waals surface area contributed by atoms with Crippen LogP contribution in [0.4, 0.5) is 19.1 Å². The van der Waals surface area contributed by atoms with Crippen molar-refractivity contribution >= 4 is 17.4 Å². The zero-order chi connectivity index (χ0) is 28.1. The first-order valence-corrected chi connectivity index (χ1v) is 14.3. The monoisotopic (exact) mass is 558 g/mol. The van der Waals surface area contributed by atoms with Crippen LogP contribution in [0.25, 0.3) is 5.57 Å². The molecule has 3 aliphatic rings. The molecule has 2 aliphatic heterocycles. The predicted octanol–water partition coefficient (Wildman–Crippen LogP) is 5.40. The van der Waals surface area contributed by atoms with Gasteiger partial charge in [0.15, 0.2) is 0 Å². The number of benzene rings is 1. The van der Waals surface area contributed by atoms with Gasteiger partial charge in [-0.05, 0) is 73.3 Å². The number of rotatable bonds is 7. The van der Waals surface area contributed by atoms with E-state index in [1.165, 1.54) is 12.1 Å². The molecule has 7 nitrogen and oxygen atoms in total. The number of hydrogen-bond donors (Lipinski definition) is 0. The number of anilines is 1. The van der Waals surface area contributed by atoms with Gasteiger partial charge < -0.3 is 19.3 Å². The summed E-state index contributed by atoms with van der Waals surface area (Å²) in [6.07, 6.45) is 5.31. The maximum atomic E-state index is 14.0. The van der Waals surface area contributed by atoms with Gasteiger partial charge in [-0.25, -0.2) is 9.97 Å². The normalized spacial score (nSPS) is 20.8. The molecule has 1 amide bonds. The summed E-state index contributed by atoms with van der Waals surface area (Å²) >= 11 is 0. The fourth-order valence-electron chi connectivity index (χ4n) is 5.64. The highest BCUT2D eigenvalue weighted by molar-refractivity contribution is 5.81. The molecule has 3 heterocycles. The molecule has 2 saturated heterocycles. The predicted molar refractivity (Wildman–Crippen MR) is 146 cm³/mol. The minimum atomic E-state index is -4.53. The lowest BCUT2D eigenvalue weighted by atomic mass is 9.85. The average Bonchev–Trinajstić information content (AvgIpc) is 3.00. The molecule has 2 fully saturated rings. The topological polar surface area (TPSA) is 67.8 Å². The number of nitrogens with zero attached hydrogens (tertiary/aromatic N) is 4. The lowest BCUT2D eigenvalue weighted by Gasteiger charge is -2.32. The summed E-state index contributed by atoms with van der Waals surface area (Å²) in [5.41, 5.74) is 1.73. The third-order valence-electron chi connectivity index (χ3n) is 8.21. The van der Waals surface area contributed by atoms with Crippen LogP contribution in [-0.2, 0) is 22.1 Å².